The molecule has 2 aromatic heterocycles. The Kier molecular flexibility index (Phi) is 11.5. The Labute approximate surface area is 442 Å². The van der Waals surface area contributed by atoms with Gasteiger partial charge in [0.2, 0.25) is 0 Å². The summed E-state index contributed by atoms with van der Waals surface area (Å²) in [5.41, 5.74) is 15.8. The van der Waals surface area contributed by atoms with E-state index in [9.17, 15) is 0 Å². The van der Waals surface area contributed by atoms with E-state index in [-0.39, 0.29) is 66.9 Å². The summed E-state index contributed by atoms with van der Waals surface area (Å²) in [7, 11) is 0. The van der Waals surface area contributed by atoms with Crippen molar-refractivity contribution in [1.82, 2.24) is 9.55 Å². The van der Waals surface area contributed by atoms with Crippen molar-refractivity contribution >= 4 is 38.9 Å². The summed E-state index contributed by atoms with van der Waals surface area (Å²) in [4.78, 5) is 6.87. The first-order valence-electron chi connectivity index (χ1n) is 26.4. The van der Waals surface area contributed by atoms with E-state index in [1.54, 1.807) is 16.8 Å². The van der Waals surface area contributed by atoms with Gasteiger partial charge >= 0.3 is 0 Å². The molecule has 0 radical (unpaired) electrons. The van der Waals surface area contributed by atoms with Crippen LogP contribution >= 0.6 is 0 Å². The van der Waals surface area contributed by atoms with Crippen LogP contribution in [0.15, 0.2) is 146 Å². The van der Waals surface area contributed by atoms with Crippen molar-refractivity contribution in [3.63, 3.8) is 0 Å². The van der Waals surface area contributed by atoms with Crippen molar-refractivity contribution in [3.8, 4) is 50.7 Å². The molecule has 364 valence electrons. The zero-order valence-corrected chi connectivity index (χ0v) is 45.5. The number of aryl methyl sites for hydroxylation is 1. The quantitative estimate of drug-likeness (QED) is 0.162. The van der Waals surface area contributed by atoms with Crippen LogP contribution in [0.2, 0.25) is 0 Å². The summed E-state index contributed by atoms with van der Waals surface area (Å²) in [6, 6.07) is 47.2. The van der Waals surface area contributed by atoms with Crippen LogP contribution in [0, 0.1) is 25.7 Å². The number of ether oxygens (including phenoxy) is 1. The van der Waals surface area contributed by atoms with Gasteiger partial charge in [-0.3, -0.25) is 0 Å². The Morgan fingerprint density at radius 2 is 1.25 bits per heavy atom. The monoisotopic (exact) mass is 1120 g/mol. The van der Waals surface area contributed by atoms with Gasteiger partial charge in [0.05, 0.1) is 5.48 Å². The fraction of sp³-hybridized carbons (Fsp3) is 0.262. The van der Waals surface area contributed by atoms with E-state index in [1.807, 2.05) is 43.9 Å². The Morgan fingerprint density at radius 3 is 1.93 bits per heavy atom. The molecular formula is C65H65N4OPt-3. The molecule has 0 amide bonds. The van der Waals surface area contributed by atoms with Gasteiger partial charge in [-0.15, -0.1) is 40.9 Å². The summed E-state index contributed by atoms with van der Waals surface area (Å²) in [6.45, 7) is 31.0. The first kappa shape index (κ1) is 44.5. The van der Waals surface area contributed by atoms with Gasteiger partial charge in [-0.25, -0.2) is 4.98 Å². The van der Waals surface area contributed by atoms with Crippen LogP contribution in [-0.2, 0) is 42.7 Å². The zero-order valence-electron chi connectivity index (χ0n) is 47.2. The van der Waals surface area contributed by atoms with Crippen LogP contribution in [0.4, 0.5) is 17.1 Å². The molecule has 0 saturated heterocycles. The van der Waals surface area contributed by atoms with Gasteiger partial charge in [-0.05, 0) is 113 Å². The predicted octanol–water partition coefficient (Wildman–Crippen LogP) is 17.8. The van der Waals surface area contributed by atoms with Crippen LogP contribution < -0.4 is 15.0 Å². The Bertz CT molecular complexity index is 3670. The van der Waals surface area contributed by atoms with Crippen molar-refractivity contribution in [3.05, 3.63) is 192 Å². The number of nitrogens with one attached hydrogen (secondary N) is 1. The summed E-state index contributed by atoms with van der Waals surface area (Å²) in [6.07, 6.45) is 1.74. The molecule has 6 heteroatoms. The van der Waals surface area contributed by atoms with Crippen molar-refractivity contribution < 1.29 is 31.3 Å². The molecule has 3 heterocycles. The minimum Gasteiger partial charge on any atom is -0.514 e. The first-order chi connectivity index (χ1) is 34.8. The van der Waals surface area contributed by atoms with Crippen LogP contribution in [0.5, 0.6) is 11.5 Å². The average molecular weight is 1120 g/mol. The number of hydrogen-bond donors (Lipinski definition) is 1. The summed E-state index contributed by atoms with van der Waals surface area (Å²) in [5, 5.41) is 4.74. The van der Waals surface area contributed by atoms with E-state index in [0.717, 1.165) is 44.9 Å². The minimum absolute atomic E-state index is 0. The van der Waals surface area contributed by atoms with E-state index in [0.29, 0.717) is 39.1 Å². The van der Waals surface area contributed by atoms with E-state index in [2.05, 4.69) is 184 Å². The van der Waals surface area contributed by atoms with Gasteiger partial charge < -0.3 is 19.5 Å². The standard InChI is InChI=1S/C65H65N4O.Pt/c1-41-26-27-48(38-58(41)70-49-28-29-51-50-22-17-18-24-55(50)69(57(51)39-49)59-37-44(30-31-66-59)62(2,3)4)68-40-67-61-52(23-19-25-56(61)68)60-53(42-20-15-14-16-21-42)35-47(65(11,12)13)36-54(60)43-32-45(63(5,6)7)34-46(33-43)64(8,9)10;/h14-37,40,67H,1-13H3;/q-3;/i17D,18D,22D,24D;. The number of rotatable bonds is 7. The molecule has 0 fully saturated rings. The number of nitrogens with zero attached hydrogens (tertiary/aromatic N) is 3. The number of hydrogen-bond acceptors (Lipinski definition) is 4. The second-order valence-electron chi connectivity index (χ2n) is 23.0. The van der Waals surface area contributed by atoms with Gasteiger partial charge in [-0.1, -0.05) is 174 Å². The van der Waals surface area contributed by atoms with Gasteiger partial charge in [0.15, 0.2) is 0 Å². The van der Waals surface area contributed by atoms with E-state index in [4.69, 9.17) is 15.2 Å². The predicted molar refractivity (Wildman–Crippen MR) is 295 cm³/mol. The summed E-state index contributed by atoms with van der Waals surface area (Å²) in [5.74, 6) is 1.43. The molecule has 0 atom stereocenters. The van der Waals surface area contributed by atoms with Crippen LogP contribution in [0.3, 0.4) is 0 Å². The third-order valence-electron chi connectivity index (χ3n) is 13.7. The fourth-order valence-electron chi connectivity index (χ4n) is 9.40. The zero-order chi connectivity index (χ0) is 53.0. The van der Waals surface area contributed by atoms with Gasteiger partial charge in [0.25, 0.3) is 0 Å². The molecule has 7 aromatic carbocycles. The number of para-hydroxylation sites is 2. The van der Waals surface area contributed by atoms with E-state index >= 15 is 0 Å². The van der Waals surface area contributed by atoms with Crippen LogP contribution in [0.25, 0.3) is 61.0 Å². The minimum atomic E-state index is -0.310. The van der Waals surface area contributed by atoms with Crippen molar-refractivity contribution in [2.75, 3.05) is 10.2 Å². The van der Waals surface area contributed by atoms with Crippen molar-refractivity contribution in [2.45, 2.75) is 112 Å². The van der Waals surface area contributed by atoms with Gasteiger partial charge in [0.1, 0.15) is 5.82 Å². The molecule has 0 bridgehead atoms. The maximum Gasteiger partial charge on any atom is 0.135 e. The van der Waals surface area contributed by atoms with Crippen molar-refractivity contribution in [1.29, 1.82) is 0 Å². The Morgan fingerprint density at radius 1 is 0.606 bits per heavy atom. The molecule has 0 saturated carbocycles. The second-order valence-corrected chi connectivity index (χ2v) is 23.0. The number of fused-ring (bicyclic) bond motifs is 4. The van der Waals surface area contributed by atoms with Gasteiger partial charge in [-0.2, -0.15) is 18.8 Å². The molecule has 0 spiro atoms. The molecule has 0 unspecified atom stereocenters. The molecule has 71 heavy (non-hydrogen) atoms. The third-order valence-corrected chi connectivity index (χ3v) is 13.7. The number of pyridine rings is 1. The number of aromatic nitrogens is 2. The molecule has 5 nitrogen and oxygen atoms in total. The van der Waals surface area contributed by atoms with Gasteiger partial charge in [0, 0.05) is 61.2 Å². The smallest absolute Gasteiger partial charge is 0.135 e. The normalized spacial score (nSPS) is 13.8. The summed E-state index contributed by atoms with van der Waals surface area (Å²) < 4.78 is 43.8. The Balaban J connectivity index is 0.00000689. The third kappa shape index (κ3) is 9.47. The molecule has 9 aromatic rings. The molecule has 0 aliphatic carbocycles. The van der Waals surface area contributed by atoms with Crippen LogP contribution in [-0.4, -0.2) is 9.55 Å². The fourth-order valence-corrected chi connectivity index (χ4v) is 9.40. The van der Waals surface area contributed by atoms with Crippen LogP contribution in [0.1, 0.15) is 116 Å². The topological polar surface area (TPSA) is 42.3 Å². The molecular weight excluding hydrogens is 1050 g/mol. The molecule has 1 aliphatic rings. The molecule has 1 aliphatic heterocycles. The average Bonchev–Trinajstić information content (AvgIpc) is 3.95. The molecule has 1 N–H and O–H groups in total. The number of anilines is 3. The van der Waals surface area contributed by atoms with Crippen molar-refractivity contribution in [2.24, 2.45) is 0 Å². The Hall–Kier alpha value is -6.42. The maximum absolute atomic E-state index is 9.09. The van der Waals surface area contributed by atoms with E-state index in [1.165, 1.54) is 33.4 Å². The van der Waals surface area contributed by atoms with E-state index < -0.39 is 0 Å². The first-order valence-corrected chi connectivity index (χ1v) is 24.4. The second kappa shape index (κ2) is 18.3. The largest absolute Gasteiger partial charge is 0.514 e. The number of benzene rings is 7. The maximum atomic E-state index is 9.09. The SMILES string of the molecule is [2H]c1c([2H])c([2H])c2c(c1[2H])c1ccc(Oc3[c-]c(N4[CH-]Nc5c(-c6c(-c7ccccc7)cc(C(C)(C)C)cc6-c6cc(C(C)(C)C)cc(C(C)(C)C)c6)cccc54)ccc3C)[c-]c1n2-c1cc(C(C)(C)C)ccn1.[Pt]. The summed E-state index contributed by atoms with van der Waals surface area (Å²) >= 11 is 0. The molecule has 10 rings (SSSR count).